The van der Waals surface area contributed by atoms with Crippen LogP contribution >= 0.6 is 70.7 Å². The normalized spacial score (nSPS) is 13.1. The van der Waals surface area contributed by atoms with E-state index in [0.29, 0.717) is 4.67 Å². The Morgan fingerprint density at radius 3 is 2.47 bits per heavy atom. The zero-order chi connectivity index (χ0) is 11.0. The molecule has 0 aliphatic rings. The van der Waals surface area contributed by atoms with Gasteiger partial charge >= 0.3 is 0 Å². The Kier molecular flexibility index (Phi) is 3.99. The third-order valence-corrected chi connectivity index (χ3v) is 5.38. The standard InChI is InChI=1S/C9H4Br3ClOS/c10-6-3-5(9(12)15-6)7(13)4-1-2-14-8(4)11/h1-3,7H. The first-order valence-corrected chi connectivity index (χ1v) is 7.54. The van der Waals surface area contributed by atoms with E-state index >= 15 is 0 Å². The van der Waals surface area contributed by atoms with Crippen molar-refractivity contribution in [2.24, 2.45) is 0 Å². The van der Waals surface area contributed by atoms with E-state index in [0.717, 1.165) is 18.7 Å². The minimum atomic E-state index is -0.213. The van der Waals surface area contributed by atoms with Crippen molar-refractivity contribution >= 4 is 70.7 Å². The summed E-state index contributed by atoms with van der Waals surface area (Å²) >= 11 is 18.2. The Morgan fingerprint density at radius 1 is 1.27 bits per heavy atom. The number of halogens is 4. The van der Waals surface area contributed by atoms with Crippen molar-refractivity contribution in [3.63, 3.8) is 0 Å². The molecule has 0 fully saturated rings. The minimum absolute atomic E-state index is 0.213. The lowest BCUT2D eigenvalue weighted by Gasteiger charge is -2.06. The fourth-order valence-corrected chi connectivity index (χ4v) is 5.22. The summed E-state index contributed by atoms with van der Waals surface area (Å²) in [4.78, 5) is 0. The largest absolute Gasteiger partial charge is 0.457 e. The summed E-state index contributed by atoms with van der Waals surface area (Å²) < 4.78 is 7.92. The average molecular weight is 435 g/mol. The van der Waals surface area contributed by atoms with E-state index in [2.05, 4.69) is 47.8 Å². The van der Waals surface area contributed by atoms with E-state index in [4.69, 9.17) is 16.0 Å². The van der Waals surface area contributed by atoms with Crippen LogP contribution in [-0.2, 0) is 0 Å². The van der Waals surface area contributed by atoms with E-state index in [9.17, 15) is 0 Å². The second-order valence-electron chi connectivity index (χ2n) is 2.79. The summed E-state index contributed by atoms with van der Waals surface area (Å²) in [5.74, 6) is 0. The van der Waals surface area contributed by atoms with Crippen molar-refractivity contribution in [2.45, 2.75) is 5.38 Å². The molecule has 2 rings (SSSR count). The molecular formula is C9H4Br3ClOS. The Balaban J connectivity index is 2.40. The highest BCUT2D eigenvalue weighted by Gasteiger charge is 2.20. The van der Waals surface area contributed by atoms with Crippen LogP contribution < -0.4 is 0 Å². The summed E-state index contributed by atoms with van der Waals surface area (Å²) in [5, 5.41) is -0.213. The molecule has 1 nitrogen and oxygen atoms in total. The minimum Gasteiger partial charge on any atom is -0.457 e. The molecule has 0 bridgehead atoms. The van der Waals surface area contributed by atoms with Crippen molar-refractivity contribution in [3.05, 3.63) is 41.8 Å². The van der Waals surface area contributed by atoms with Crippen LogP contribution in [0.3, 0.4) is 0 Å². The molecule has 15 heavy (non-hydrogen) atoms. The quantitative estimate of drug-likeness (QED) is 0.531. The number of furan rings is 1. The Labute approximate surface area is 121 Å². The van der Waals surface area contributed by atoms with Crippen molar-refractivity contribution in [1.29, 1.82) is 0 Å². The predicted molar refractivity (Wildman–Crippen MR) is 73.8 cm³/mol. The van der Waals surface area contributed by atoms with E-state index in [-0.39, 0.29) is 5.38 Å². The molecule has 1 atom stereocenters. The first kappa shape index (κ1) is 12.2. The maximum atomic E-state index is 6.36. The van der Waals surface area contributed by atoms with Crippen molar-refractivity contribution in [1.82, 2.24) is 0 Å². The third-order valence-electron chi connectivity index (χ3n) is 1.88. The van der Waals surface area contributed by atoms with Crippen molar-refractivity contribution in [3.8, 4) is 0 Å². The predicted octanol–water partition coefficient (Wildman–Crippen LogP) is 5.96. The summed E-state index contributed by atoms with van der Waals surface area (Å²) in [5.41, 5.74) is 1.97. The fourth-order valence-electron chi connectivity index (χ4n) is 1.18. The molecule has 2 aromatic rings. The summed E-state index contributed by atoms with van der Waals surface area (Å²) in [6, 6.07) is 3.87. The Hall–Kier alpha value is 0.710. The third kappa shape index (κ3) is 2.52. The van der Waals surface area contributed by atoms with Crippen LogP contribution in [-0.4, -0.2) is 0 Å². The van der Waals surface area contributed by atoms with Crippen LogP contribution in [0.5, 0.6) is 0 Å². The van der Waals surface area contributed by atoms with Gasteiger partial charge in [-0.1, -0.05) is 0 Å². The molecule has 0 saturated heterocycles. The first-order valence-electron chi connectivity index (χ1n) is 3.91. The fraction of sp³-hybridized carbons (Fsp3) is 0.111. The molecular weight excluding hydrogens is 431 g/mol. The molecule has 0 aliphatic heterocycles. The molecule has 0 N–H and O–H groups in total. The van der Waals surface area contributed by atoms with Crippen LogP contribution in [0.4, 0.5) is 0 Å². The van der Waals surface area contributed by atoms with Gasteiger partial charge in [0.25, 0.3) is 0 Å². The lowest BCUT2D eigenvalue weighted by Crippen LogP contribution is -1.90. The molecule has 0 radical (unpaired) electrons. The van der Waals surface area contributed by atoms with E-state index in [1.807, 2.05) is 12.1 Å². The van der Waals surface area contributed by atoms with Gasteiger partial charge in [-0.25, -0.2) is 0 Å². The Bertz CT molecular complexity index is 479. The second kappa shape index (κ2) is 4.92. The molecule has 0 amide bonds. The van der Waals surface area contributed by atoms with E-state index < -0.39 is 0 Å². The Morgan fingerprint density at radius 2 is 2.00 bits per heavy atom. The van der Waals surface area contributed by atoms with Gasteiger partial charge in [-0.05, 0) is 59.9 Å². The summed E-state index contributed by atoms with van der Waals surface area (Å²) in [6.45, 7) is 0. The smallest absolute Gasteiger partial charge is 0.173 e. The van der Waals surface area contributed by atoms with Crippen LogP contribution in [0.25, 0.3) is 0 Å². The average Bonchev–Trinajstić information content (AvgIpc) is 2.71. The number of thiophene rings is 1. The second-order valence-corrected chi connectivity index (χ2v) is 7.70. The molecule has 0 aromatic carbocycles. The van der Waals surface area contributed by atoms with Gasteiger partial charge in [-0.3, -0.25) is 0 Å². The summed E-state index contributed by atoms with van der Waals surface area (Å²) in [7, 11) is 0. The van der Waals surface area contributed by atoms with Crippen LogP contribution in [0.1, 0.15) is 16.5 Å². The highest BCUT2D eigenvalue weighted by atomic mass is 79.9. The molecule has 2 heterocycles. The van der Waals surface area contributed by atoms with Gasteiger partial charge in [-0.15, -0.1) is 22.9 Å². The first-order chi connectivity index (χ1) is 7.09. The topological polar surface area (TPSA) is 13.1 Å². The maximum absolute atomic E-state index is 6.36. The number of hydrogen-bond acceptors (Lipinski definition) is 2. The molecule has 6 heteroatoms. The van der Waals surface area contributed by atoms with Crippen LogP contribution in [0.2, 0.25) is 0 Å². The molecule has 0 spiro atoms. The van der Waals surface area contributed by atoms with Gasteiger partial charge in [0, 0.05) is 11.1 Å². The molecule has 80 valence electrons. The molecule has 0 aliphatic carbocycles. The highest BCUT2D eigenvalue weighted by molar-refractivity contribution is 9.12. The SMILES string of the molecule is ClC(c1ccoc1Br)c1cc(Br)sc1Br. The molecule has 0 saturated carbocycles. The molecule has 2 aromatic heterocycles. The number of alkyl halides is 1. The monoisotopic (exact) mass is 432 g/mol. The zero-order valence-electron chi connectivity index (χ0n) is 7.14. The van der Waals surface area contributed by atoms with Crippen LogP contribution in [0.15, 0.2) is 35.1 Å². The van der Waals surface area contributed by atoms with Crippen LogP contribution in [0, 0.1) is 0 Å². The van der Waals surface area contributed by atoms with Crippen molar-refractivity contribution < 1.29 is 4.42 Å². The van der Waals surface area contributed by atoms with Gasteiger partial charge in [0.15, 0.2) is 4.67 Å². The zero-order valence-corrected chi connectivity index (χ0v) is 13.5. The summed E-state index contributed by atoms with van der Waals surface area (Å²) in [6.07, 6.45) is 1.62. The van der Waals surface area contributed by atoms with Gasteiger partial charge in [0.05, 0.1) is 19.2 Å². The number of hydrogen-bond donors (Lipinski definition) is 0. The lowest BCUT2D eigenvalue weighted by atomic mass is 10.1. The van der Waals surface area contributed by atoms with Gasteiger partial charge < -0.3 is 4.42 Å². The number of rotatable bonds is 2. The van der Waals surface area contributed by atoms with Crippen molar-refractivity contribution in [2.75, 3.05) is 0 Å². The van der Waals surface area contributed by atoms with E-state index in [1.165, 1.54) is 0 Å². The van der Waals surface area contributed by atoms with E-state index in [1.54, 1.807) is 17.6 Å². The highest BCUT2D eigenvalue weighted by Crippen LogP contribution is 2.42. The van der Waals surface area contributed by atoms with Gasteiger partial charge in [0.1, 0.15) is 0 Å². The molecule has 1 unspecified atom stereocenters. The maximum Gasteiger partial charge on any atom is 0.173 e. The van der Waals surface area contributed by atoms with Gasteiger partial charge in [-0.2, -0.15) is 0 Å². The lowest BCUT2D eigenvalue weighted by molar-refractivity contribution is 0.537. The van der Waals surface area contributed by atoms with Gasteiger partial charge in [0.2, 0.25) is 0 Å².